The van der Waals surface area contributed by atoms with Crippen molar-refractivity contribution in [3.8, 4) is 0 Å². The van der Waals surface area contributed by atoms with Gasteiger partial charge in [-0.3, -0.25) is 5.32 Å². The lowest BCUT2D eigenvalue weighted by molar-refractivity contribution is 0.187. The molecule has 0 atom stereocenters. The Morgan fingerprint density at radius 1 is 1.48 bits per heavy atom. The maximum absolute atomic E-state index is 13.3. The van der Waals surface area contributed by atoms with Crippen molar-refractivity contribution >= 4 is 32.6 Å². The van der Waals surface area contributed by atoms with E-state index in [1.165, 1.54) is 41.0 Å². The summed E-state index contributed by atoms with van der Waals surface area (Å²) < 4.78 is 44.3. The molecule has 0 radical (unpaired) electrons. The molecule has 0 aliphatic carbocycles. The van der Waals surface area contributed by atoms with Crippen LogP contribution < -0.4 is 5.32 Å². The fourth-order valence-corrected chi connectivity index (χ4v) is 5.10. The number of sulfonamides is 1. The lowest BCUT2D eigenvalue weighted by Crippen LogP contribution is -2.36. The van der Waals surface area contributed by atoms with Gasteiger partial charge in [-0.05, 0) is 17.7 Å². The van der Waals surface area contributed by atoms with Gasteiger partial charge in [0.05, 0.1) is 18.6 Å². The largest absolute Gasteiger partial charge is 0.453 e. The highest BCUT2D eigenvalue weighted by Crippen LogP contribution is 2.30. The number of thiazole rings is 1. The van der Waals surface area contributed by atoms with Gasteiger partial charge in [0.1, 0.15) is 5.82 Å². The average molecular weight is 385 g/mol. The first-order chi connectivity index (χ1) is 11.9. The number of methoxy groups -OCH3 is 1. The third-order valence-electron chi connectivity index (χ3n) is 3.72. The Labute approximate surface area is 148 Å². The summed E-state index contributed by atoms with van der Waals surface area (Å²) >= 11 is 1.22. The van der Waals surface area contributed by atoms with E-state index < -0.39 is 21.9 Å². The molecule has 1 N–H and O–H groups in total. The van der Waals surface area contributed by atoms with Crippen LogP contribution in [0.1, 0.15) is 16.1 Å². The van der Waals surface area contributed by atoms with E-state index in [4.69, 9.17) is 0 Å². The van der Waals surface area contributed by atoms with Crippen molar-refractivity contribution in [2.75, 3.05) is 19.0 Å². The van der Waals surface area contributed by atoms with Gasteiger partial charge in [-0.15, -0.1) is 0 Å². The monoisotopic (exact) mass is 385 g/mol. The molecule has 1 aliphatic heterocycles. The number of carbonyl (C=O) groups is 1. The molecule has 0 bridgehead atoms. The van der Waals surface area contributed by atoms with Gasteiger partial charge >= 0.3 is 6.09 Å². The molecule has 0 unspecified atom stereocenters. The zero-order valence-electron chi connectivity index (χ0n) is 13.4. The van der Waals surface area contributed by atoms with Gasteiger partial charge < -0.3 is 4.74 Å². The molecule has 0 spiro atoms. The molecule has 25 heavy (non-hydrogen) atoms. The average Bonchev–Trinajstić information content (AvgIpc) is 2.95. The predicted molar refractivity (Wildman–Crippen MR) is 91.3 cm³/mol. The highest BCUT2D eigenvalue weighted by atomic mass is 32.2. The molecular formula is C15H16FN3O4S2. The Kier molecular flexibility index (Phi) is 5.02. The summed E-state index contributed by atoms with van der Waals surface area (Å²) in [5.41, 5.74) is 1.18. The van der Waals surface area contributed by atoms with Crippen LogP contribution in [0.25, 0.3) is 0 Å². The molecule has 1 aliphatic rings. The number of rotatable bonds is 4. The van der Waals surface area contributed by atoms with Crippen molar-refractivity contribution in [2.45, 2.75) is 18.7 Å². The molecule has 1 amide bonds. The Balaban J connectivity index is 1.74. The molecule has 2 heterocycles. The normalized spacial score (nSPS) is 14.8. The number of hydrogen-bond donors (Lipinski definition) is 1. The fourth-order valence-electron chi connectivity index (χ4n) is 2.53. The Morgan fingerprint density at radius 3 is 3.00 bits per heavy atom. The standard InChI is InChI=1S/C15H16FN3O4S2/c1-23-15(20)18-14-17-12-5-6-19(8-13(12)24-14)25(21,22)9-10-3-2-4-11(16)7-10/h2-4,7H,5-6,8-9H2,1H3,(H,17,18,20). The predicted octanol–water partition coefficient (Wildman–Crippen LogP) is 2.35. The maximum atomic E-state index is 13.3. The highest BCUT2D eigenvalue weighted by molar-refractivity contribution is 7.88. The van der Waals surface area contributed by atoms with Crippen LogP contribution in [0.15, 0.2) is 24.3 Å². The van der Waals surface area contributed by atoms with Gasteiger partial charge in [-0.25, -0.2) is 22.6 Å². The van der Waals surface area contributed by atoms with Gasteiger partial charge in [0.2, 0.25) is 10.0 Å². The van der Waals surface area contributed by atoms with Crippen LogP contribution in [0.3, 0.4) is 0 Å². The van der Waals surface area contributed by atoms with Gasteiger partial charge in [0.25, 0.3) is 0 Å². The third-order valence-corrected chi connectivity index (χ3v) is 6.52. The van der Waals surface area contributed by atoms with E-state index in [9.17, 15) is 17.6 Å². The second kappa shape index (κ2) is 7.06. The van der Waals surface area contributed by atoms with Crippen LogP contribution >= 0.6 is 11.3 Å². The first-order valence-electron chi connectivity index (χ1n) is 7.43. The van der Waals surface area contributed by atoms with Crippen molar-refractivity contribution in [1.29, 1.82) is 0 Å². The summed E-state index contributed by atoms with van der Waals surface area (Å²) in [6.07, 6.45) is -0.168. The van der Waals surface area contributed by atoms with E-state index in [2.05, 4.69) is 15.0 Å². The van der Waals surface area contributed by atoms with Crippen LogP contribution in [-0.4, -0.2) is 37.5 Å². The minimum Gasteiger partial charge on any atom is -0.453 e. The third kappa shape index (κ3) is 4.14. The van der Waals surface area contributed by atoms with Crippen LogP contribution in [0.4, 0.5) is 14.3 Å². The zero-order valence-corrected chi connectivity index (χ0v) is 15.0. The molecule has 134 valence electrons. The zero-order chi connectivity index (χ0) is 18.0. The summed E-state index contributed by atoms with van der Waals surface area (Å²) in [4.78, 5) is 16.3. The number of halogens is 1. The first kappa shape index (κ1) is 17.8. The number of aromatic nitrogens is 1. The molecule has 0 fully saturated rings. The number of carbonyl (C=O) groups excluding carboxylic acids is 1. The quantitative estimate of drug-likeness (QED) is 0.873. The van der Waals surface area contributed by atoms with E-state index in [0.717, 1.165) is 10.6 Å². The smallest absolute Gasteiger partial charge is 0.413 e. The maximum Gasteiger partial charge on any atom is 0.413 e. The number of hydrogen-bond acceptors (Lipinski definition) is 6. The Bertz CT molecular complexity index is 898. The fraction of sp³-hybridized carbons (Fsp3) is 0.333. The number of anilines is 1. The van der Waals surface area contributed by atoms with Crippen LogP contribution in [0.2, 0.25) is 0 Å². The van der Waals surface area contributed by atoms with Crippen molar-refractivity contribution in [2.24, 2.45) is 0 Å². The Morgan fingerprint density at radius 2 is 2.28 bits per heavy atom. The van der Waals surface area contributed by atoms with E-state index in [1.54, 1.807) is 6.07 Å². The van der Waals surface area contributed by atoms with E-state index in [-0.39, 0.29) is 12.3 Å². The summed E-state index contributed by atoms with van der Waals surface area (Å²) in [6, 6.07) is 5.57. The number of ether oxygens (including phenoxy) is 1. The second-order valence-corrected chi connectivity index (χ2v) is 8.53. The number of fused-ring (bicyclic) bond motifs is 1. The first-order valence-corrected chi connectivity index (χ1v) is 9.86. The van der Waals surface area contributed by atoms with Crippen LogP contribution in [0, 0.1) is 5.82 Å². The molecular weight excluding hydrogens is 369 g/mol. The minimum absolute atomic E-state index is 0.188. The minimum atomic E-state index is -3.58. The molecule has 10 heteroatoms. The Hall–Kier alpha value is -2.04. The number of benzene rings is 1. The SMILES string of the molecule is COC(=O)Nc1nc2c(s1)CN(S(=O)(=O)Cc1cccc(F)c1)CC2. The van der Waals surface area contributed by atoms with Crippen molar-refractivity contribution < 1.29 is 22.3 Å². The summed E-state index contributed by atoms with van der Waals surface area (Å²) in [7, 11) is -2.33. The summed E-state index contributed by atoms with van der Waals surface area (Å²) in [5, 5.41) is 2.86. The lowest BCUT2D eigenvalue weighted by Gasteiger charge is -2.25. The molecule has 2 aromatic rings. The second-order valence-electron chi connectivity index (χ2n) is 5.48. The van der Waals surface area contributed by atoms with Crippen molar-refractivity contribution in [1.82, 2.24) is 9.29 Å². The van der Waals surface area contributed by atoms with Gasteiger partial charge in [0.15, 0.2) is 5.13 Å². The van der Waals surface area contributed by atoms with Crippen LogP contribution in [0.5, 0.6) is 0 Å². The van der Waals surface area contributed by atoms with Crippen LogP contribution in [-0.2, 0) is 33.5 Å². The summed E-state index contributed by atoms with van der Waals surface area (Å²) in [5.74, 6) is -0.721. The van der Waals surface area contributed by atoms with Gasteiger partial charge in [-0.1, -0.05) is 23.5 Å². The molecule has 1 aromatic carbocycles. The van der Waals surface area contributed by atoms with E-state index in [1.807, 2.05) is 0 Å². The molecule has 7 nitrogen and oxygen atoms in total. The molecule has 3 rings (SSSR count). The van der Waals surface area contributed by atoms with E-state index in [0.29, 0.717) is 23.7 Å². The molecule has 0 saturated carbocycles. The summed E-state index contributed by atoms with van der Waals surface area (Å²) in [6.45, 7) is 0.486. The highest BCUT2D eigenvalue weighted by Gasteiger charge is 2.29. The van der Waals surface area contributed by atoms with Gasteiger partial charge in [0, 0.05) is 24.4 Å². The number of nitrogens with zero attached hydrogens (tertiary/aromatic N) is 2. The lowest BCUT2D eigenvalue weighted by atomic mass is 10.2. The molecule has 0 saturated heterocycles. The van der Waals surface area contributed by atoms with Crippen molar-refractivity contribution in [3.63, 3.8) is 0 Å². The van der Waals surface area contributed by atoms with E-state index >= 15 is 0 Å². The molecule has 1 aromatic heterocycles. The number of nitrogens with one attached hydrogen (secondary N) is 1. The van der Waals surface area contributed by atoms with Crippen molar-refractivity contribution in [3.05, 3.63) is 46.2 Å². The number of amides is 1. The van der Waals surface area contributed by atoms with Gasteiger partial charge in [-0.2, -0.15) is 4.31 Å². The topological polar surface area (TPSA) is 88.6 Å².